The van der Waals surface area contributed by atoms with E-state index in [-0.39, 0.29) is 11.1 Å². The van der Waals surface area contributed by atoms with E-state index in [1.807, 2.05) is 26.0 Å². The SMILES string of the molecule is Cc1cc2oc(C)c(N)c(=O)c2cc1C. The molecule has 0 bridgehead atoms. The lowest BCUT2D eigenvalue weighted by molar-refractivity contribution is 0.567. The number of hydrogen-bond acceptors (Lipinski definition) is 3. The minimum Gasteiger partial charge on any atom is -0.459 e. The molecule has 1 aromatic heterocycles. The van der Waals surface area contributed by atoms with Crippen LogP contribution in [-0.2, 0) is 0 Å². The Morgan fingerprint density at radius 1 is 1.13 bits per heavy atom. The largest absolute Gasteiger partial charge is 0.459 e. The van der Waals surface area contributed by atoms with Crippen LogP contribution in [0.1, 0.15) is 16.9 Å². The Bertz CT molecular complexity index is 591. The van der Waals surface area contributed by atoms with Gasteiger partial charge in [0.2, 0.25) is 5.43 Å². The van der Waals surface area contributed by atoms with Crippen molar-refractivity contribution in [1.82, 2.24) is 0 Å². The number of anilines is 1. The van der Waals surface area contributed by atoms with Crippen molar-refractivity contribution in [2.75, 3.05) is 5.73 Å². The summed E-state index contributed by atoms with van der Waals surface area (Å²) in [6.45, 7) is 5.65. The van der Waals surface area contributed by atoms with Gasteiger partial charge in [0.05, 0.1) is 5.39 Å². The number of nitrogen functional groups attached to an aromatic ring is 1. The Morgan fingerprint density at radius 2 is 1.73 bits per heavy atom. The maximum absolute atomic E-state index is 11.8. The topological polar surface area (TPSA) is 56.2 Å². The predicted octanol–water partition coefficient (Wildman–Crippen LogP) is 2.30. The number of hydrogen-bond donors (Lipinski definition) is 1. The van der Waals surface area contributed by atoms with Crippen molar-refractivity contribution in [3.8, 4) is 0 Å². The summed E-state index contributed by atoms with van der Waals surface area (Å²) >= 11 is 0. The van der Waals surface area contributed by atoms with Crippen molar-refractivity contribution in [2.24, 2.45) is 0 Å². The maximum atomic E-state index is 11.8. The molecule has 0 aliphatic carbocycles. The molecule has 3 heteroatoms. The molecule has 15 heavy (non-hydrogen) atoms. The van der Waals surface area contributed by atoms with Crippen LogP contribution in [0.5, 0.6) is 0 Å². The first kappa shape index (κ1) is 9.77. The molecule has 0 saturated heterocycles. The van der Waals surface area contributed by atoms with E-state index in [1.165, 1.54) is 0 Å². The quantitative estimate of drug-likeness (QED) is 0.714. The normalized spacial score (nSPS) is 10.9. The van der Waals surface area contributed by atoms with Gasteiger partial charge in [0.15, 0.2) is 0 Å². The van der Waals surface area contributed by atoms with Gasteiger partial charge in [0.25, 0.3) is 0 Å². The number of benzene rings is 1. The first-order chi connectivity index (χ1) is 7.00. The van der Waals surface area contributed by atoms with E-state index < -0.39 is 0 Å². The van der Waals surface area contributed by atoms with E-state index >= 15 is 0 Å². The second-order valence-corrected chi connectivity index (χ2v) is 3.83. The molecule has 0 radical (unpaired) electrons. The fourth-order valence-corrected chi connectivity index (χ4v) is 1.58. The van der Waals surface area contributed by atoms with E-state index in [2.05, 4.69) is 0 Å². The lowest BCUT2D eigenvalue weighted by Gasteiger charge is -2.05. The Hall–Kier alpha value is -1.77. The molecule has 2 aromatic rings. The summed E-state index contributed by atoms with van der Waals surface area (Å²) in [4.78, 5) is 11.8. The predicted molar refractivity (Wildman–Crippen MR) is 61.1 cm³/mol. The minimum atomic E-state index is -0.142. The molecule has 2 N–H and O–H groups in total. The van der Waals surface area contributed by atoms with Crippen LogP contribution in [0.25, 0.3) is 11.0 Å². The highest BCUT2D eigenvalue weighted by Gasteiger charge is 2.09. The molecule has 0 fully saturated rings. The van der Waals surface area contributed by atoms with Crippen LogP contribution in [0.4, 0.5) is 5.69 Å². The Balaban J connectivity index is 3.00. The van der Waals surface area contributed by atoms with Crippen LogP contribution in [0.2, 0.25) is 0 Å². The molecule has 2 rings (SSSR count). The second-order valence-electron chi connectivity index (χ2n) is 3.83. The highest BCUT2D eigenvalue weighted by molar-refractivity contribution is 5.81. The van der Waals surface area contributed by atoms with E-state index in [1.54, 1.807) is 6.92 Å². The fraction of sp³-hybridized carbons (Fsp3) is 0.250. The van der Waals surface area contributed by atoms with Crippen molar-refractivity contribution in [3.63, 3.8) is 0 Å². The summed E-state index contributed by atoms with van der Waals surface area (Å²) in [5.74, 6) is 0.482. The van der Waals surface area contributed by atoms with Gasteiger partial charge in [-0.1, -0.05) is 0 Å². The monoisotopic (exact) mass is 203 g/mol. The Kier molecular flexibility index (Phi) is 2.03. The highest BCUT2D eigenvalue weighted by atomic mass is 16.3. The maximum Gasteiger partial charge on any atom is 0.215 e. The molecule has 1 aromatic carbocycles. The van der Waals surface area contributed by atoms with Crippen LogP contribution < -0.4 is 11.2 Å². The summed E-state index contributed by atoms with van der Waals surface area (Å²) in [5, 5.41) is 0.557. The van der Waals surface area contributed by atoms with E-state index in [0.717, 1.165) is 11.1 Å². The van der Waals surface area contributed by atoms with Gasteiger partial charge in [-0.15, -0.1) is 0 Å². The van der Waals surface area contributed by atoms with Crippen molar-refractivity contribution < 1.29 is 4.42 Å². The lowest BCUT2D eigenvalue weighted by atomic mass is 10.1. The average Bonchev–Trinajstić information content (AvgIpc) is 2.19. The van der Waals surface area contributed by atoms with Crippen molar-refractivity contribution >= 4 is 16.7 Å². The molecule has 0 aliphatic heterocycles. The van der Waals surface area contributed by atoms with Gasteiger partial charge in [-0.25, -0.2) is 0 Å². The Morgan fingerprint density at radius 3 is 2.40 bits per heavy atom. The van der Waals surface area contributed by atoms with Crippen LogP contribution in [0, 0.1) is 20.8 Å². The third-order valence-electron chi connectivity index (χ3n) is 2.73. The molecular formula is C12H13NO2. The van der Waals surface area contributed by atoms with Gasteiger partial charge in [-0.2, -0.15) is 0 Å². The summed E-state index contributed by atoms with van der Waals surface area (Å²) in [7, 11) is 0. The minimum absolute atomic E-state index is 0.142. The van der Waals surface area contributed by atoms with Gasteiger partial charge in [0.1, 0.15) is 17.0 Å². The van der Waals surface area contributed by atoms with Crippen molar-refractivity contribution in [1.29, 1.82) is 0 Å². The molecule has 0 spiro atoms. The summed E-state index contributed by atoms with van der Waals surface area (Å²) in [6.07, 6.45) is 0. The molecule has 0 amide bonds. The average molecular weight is 203 g/mol. The van der Waals surface area contributed by atoms with Gasteiger partial charge >= 0.3 is 0 Å². The molecule has 0 aliphatic rings. The lowest BCUT2D eigenvalue weighted by Crippen LogP contribution is -2.10. The third kappa shape index (κ3) is 1.40. The van der Waals surface area contributed by atoms with Crippen molar-refractivity contribution in [3.05, 3.63) is 39.2 Å². The second kappa shape index (κ2) is 3.12. The van der Waals surface area contributed by atoms with Crippen LogP contribution in [-0.4, -0.2) is 0 Å². The molecule has 1 heterocycles. The van der Waals surface area contributed by atoms with Crippen molar-refractivity contribution in [2.45, 2.75) is 20.8 Å². The zero-order valence-corrected chi connectivity index (χ0v) is 9.05. The number of rotatable bonds is 0. The van der Waals surface area contributed by atoms with Gasteiger partial charge in [-0.05, 0) is 44.0 Å². The highest BCUT2D eigenvalue weighted by Crippen LogP contribution is 2.20. The molecule has 78 valence electrons. The molecule has 3 nitrogen and oxygen atoms in total. The molecule has 0 saturated carbocycles. The Labute approximate surface area is 87.5 Å². The first-order valence-corrected chi connectivity index (χ1v) is 4.81. The zero-order chi connectivity index (χ0) is 11.2. The number of nitrogens with two attached hydrogens (primary N) is 1. The molecule has 0 unspecified atom stereocenters. The van der Waals surface area contributed by atoms with E-state index in [4.69, 9.17) is 10.2 Å². The van der Waals surface area contributed by atoms with Crippen LogP contribution in [0.3, 0.4) is 0 Å². The van der Waals surface area contributed by atoms with Gasteiger partial charge < -0.3 is 10.2 Å². The number of fused-ring (bicyclic) bond motifs is 1. The van der Waals surface area contributed by atoms with Gasteiger partial charge in [-0.3, -0.25) is 4.79 Å². The molecule has 0 atom stereocenters. The van der Waals surface area contributed by atoms with E-state index in [0.29, 0.717) is 16.7 Å². The standard InChI is InChI=1S/C12H13NO2/c1-6-4-9-10(5-7(6)2)15-8(3)11(13)12(9)14/h4-5H,13H2,1-3H3. The third-order valence-corrected chi connectivity index (χ3v) is 2.73. The summed E-state index contributed by atoms with van der Waals surface area (Å²) < 4.78 is 5.48. The first-order valence-electron chi connectivity index (χ1n) is 4.81. The van der Waals surface area contributed by atoms with Crippen LogP contribution >= 0.6 is 0 Å². The van der Waals surface area contributed by atoms with Gasteiger partial charge in [0, 0.05) is 0 Å². The summed E-state index contributed by atoms with van der Waals surface area (Å²) in [5.41, 5.74) is 8.47. The smallest absolute Gasteiger partial charge is 0.215 e. The van der Waals surface area contributed by atoms with Crippen LogP contribution in [0.15, 0.2) is 21.3 Å². The summed E-state index contributed by atoms with van der Waals surface area (Å²) in [6, 6.07) is 3.70. The van der Waals surface area contributed by atoms with E-state index in [9.17, 15) is 4.79 Å². The number of aryl methyl sites for hydroxylation is 3. The fourth-order valence-electron chi connectivity index (χ4n) is 1.58. The molecular weight excluding hydrogens is 190 g/mol. The zero-order valence-electron chi connectivity index (χ0n) is 9.05.